The van der Waals surface area contributed by atoms with Gasteiger partial charge in [0, 0.05) is 28.3 Å². The molecule has 0 saturated heterocycles. The first-order valence-electron chi connectivity index (χ1n) is 2.88. The van der Waals surface area contributed by atoms with E-state index >= 15 is 0 Å². The van der Waals surface area contributed by atoms with Crippen molar-refractivity contribution in [2.45, 2.75) is 0 Å². The van der Waals surface area contributed by atoms with Crippen LogP contribution in [0.3, 0.4) is 0 Å². The number of hydrogen-bond donors (Lipinski definition) is 0. The van der Waals surface area contributed by atoms with Crippen molar-refractivity contribution in [3.63, 3.8) is 0 Å². The lowest BCUT2D eigenvalue weighted by molar-refractivity contribution is 0.0580. The molecule has 3 nitrogen and oxygen atoms in total. The summed E-state index contributed by atoms with van der Waals surface area (Å²) in [5.41, 5.74) is 0. The number of methoxy groups -OCH3 is 1. The molecule has 0 radical (unpaired) electrons. The summed E-state index contributed by atoms with van der Waals surface area (Å²) in [6.07, 6.45) is 0. The summed E-state index contributed by atoms with van der Waals surface area (Å²) < 4.78 is 14.8. The summed E-state index contributed by atoms with van der Waals surface area (Å²) in [4.78, 5) is 0. The predicted octanol–water partition coefficient (Wildman–Crippen LogP) is 1.66. The summed E-state index contributed by atoms with van der Waals surface area (Å²) in [5, 5.41) is 0. The van der Waals surface area contributed by atoms with E-state index in [0.717, 1.165) is 0 Å². The van der Waals surface area contributed by atoms with Crippen molar-refractivity contribution in [2.24, 2.45) is 0 Å². The van der Waals surface area contributed by atoms with E-state index in [4.69, 9.17) is 13.7 Å². The maximum Gasteiger partial charge on any atom is 0.0857 e. The first-order valence-corrected chi connectivity index (χ1v) is 6.17. The Bertz CT molecular complexity index is 56.9. The van der Waals surface area contributed by atoms with E-state index in [1.807, 2.05) is 0 Å². The molecule has 0 aromatic carbocycles. The van der Waals surface area contributed by atoms with E-state index < -0.39 is 0 Å². The van der Waals surface area contributed by atoms with Crippen LogP contribution in [-0.4, -0.2) is 33.5 Å². The summed E-state index contributed by atoms with van der Waals surface area (Å²) in [7, 11) is 2.98. The molecular formula is C5H11IO3S. The van der Waals surface area contributed by atoms with Crippen LogP contribution in [0.5, 0.6) is 0 Å². The number of rotatable bonds is 7. The van der Waals surface area contributed by atoms with Crippen molar-refractivity contribution in [3.8, 4) is 0 Å². The van der Waals surface area contributed by atoms with Crippen LogP contribution in [0.1, 0.15) is 0 Å². The van der Waals surface area contributed by atoms with Gasteiger partial charge in [-0.2, -0.15) is 0 Å². The maximum absolute atomic E-state index is 5.11. The van der Waals surface area contributed by atoms with Gasteiger partial charge in [-0.15, -0.1) is 0 Å². The molecule has 0 fully saturated rings. The van der Waals surface area contributed by atoms with Crippen molar-refractivity contribution in [2.75, 3.05) is 33.5 Å². The van der Waals surface area contributed by atoms with E-state index in [-0.39, 0.29) is 0 Å². The molecule has 0 aromatic rings. The summed E-state index contributed by atoms with van der Waals surface area (Å²) in [5.74, 6) is 0. The number of halogens is 1. The van der Waals surface area contributed by atoms with Crippen LogP contribution in [-0.2, 0) is 13.7 Å². The molecule has 5 heteroatoms. The third-order valence-corrected chi connectivity index (χ3v) is 1.81. The second-order valence-corrected chi connectivity index (χ2v) is 2.93. The zero-order valence-corrected chi connectivity index (χ0v) is 8.81. The molecule has 0 bridgehead atoms. The van der Waals surface area contributed by atoms with Crippen molar-refractivity contribution in [1.29, 1.82) is 0 Å². The Morgan fingerprint density at radius 1 is 1.20 bits per heavy atom. The van der Waals surface area contributed by atoms with Crippen molar-refractivity contribution < 1.29 is 13.7 Å². The molecule has 0 spiro atoms. The average molecular weight is 278 g/mol. The van der Waals surface area contributed by atoms with Gasteiger partial charge in [0.2, 0.25) is 0 Å². The molecule has 62 valence electrons. The third-order valence-electron chi connectivity index (χ3n) is 0.787. The highest BCUT2D eigenvalue weighted by Gasteiger charge is 1.87. The van der Waals surface area contributed by atoms with Gasteiger partial charge in [-0.05, 0) is 0 Å². The van der Waals surface area contributed by atoms with E-state index in [1.54, 1.807) is 7.11 Å². The van der Waals surface area contributed by atoms with Crippen LogP contribution in [0.15, 0.2) is 0 Å². The highest BCUT2D eigenvalue weighted by atomic mass is 127. The van der Waals surface area contributed by atoms with E-state index in [1.165, 1.54) is 9.21 Å². The van der Waals surface area contributed by atoms with Crippen LogP contribution in [0.2, 0.25) is 0 Å². The van der Waals surface area contributed by atoms with E-state index in [2.05, 4.69) is 21.2 Å². The molecule has 0 unspecified atom stereocenters. The minimum atomic E-state index is 0.636. The molecule has 0 aliphatic heterocycles. The fraction of sp³-hybridized carbons (Fsp3) is 1.00. The molecule has 0 atom stereocenters. The first-order chi connectivity index (χ1) is 4.91. The summed E-state index contributed by atoms with van der Waals surface area (Å²) in [6.45, 7) is 2.57. The Morgan fingerprint density at radius 3 is 2.50 bits per heavy atom. The van der Waals surface area contributed by atoms with Crippen molar-refractivity contribution in [1.82, 2.24) is 0 Å². The average Bonchev–Trinajstić information content (AvgIpc) is 1.97. The van der Waals surface area contributed by atoms with Crippen LogP contribution >= 0.6 is 30.4 Å². The van der Waals surface area contributed by atoms with Crippen LogP contribution in [0.25, 0.3) is 0 Å². The Balaban J connectivity index is 2.65. The van der Waals surface area contributed by atoms with Crippen LogP contribution in [0, 0.1) is 0 Å². The molecule has 0 amide bonds. The fourth-order valence-corrected chi connectivity index (χ4v) is 1.04. The third kappa shape index (κ3) is 8.96. The molecule has 0 aliphatic carbocycles. The Labute approximate surface area is 77.6 Å². The Morgan fingerprint density at radius 2 is 1.90 bits per heavy atom. The summed E-state index contributed by atoms with van der Waals surface area (Å²) in [6, 6.07) is 0. The van der Waals surface area contributed by atoms with E-state index in [9.17, 15) is 0 Å². The van der Waals surface area contributed by atoms with Gasteiger partial charge in [-0.25, -0.2) is 0 Å². The molecule has 0 saturated carbocycles. The van der Waals surface area contributed by atoms with Gasteiger partial charge in [0.15, 0.2) is 0 Å². The lowest BCUT2D eigenvalue weighted by Gasteiger charge is -2.01. The van der Waals surface area contributed by atoms with E-state index in [0.29, 0.717) is 26.4 Å². The fourth-order valence-electron chi connectivity index (χ4n) is 0.369. The monoisotopic (exact) mass is 278 g/mol. The highest BCUT2D eigenvalue weighted by Crippen LogP contribution is 2.10. The lowest BCUT2D eigenvalue weighted by atomic mass is 10.7. The molecule has 0 heterocycles. The smallest absolute Gasteiger partial charge is 0.0857 e. The van der Waals surface area contributed by atoms with Gasteiger partial charge >= 0.3 is 0 Å². The van der Waals surface area contributed by atoms with Crippen molar-refractivity contribution >= 4 is 30.4 Å². The predicted molar refractivity (Wildman–Crippen MR) is 50.3 cm³/mol. The second kappa shape index (κ2) is 9.96. The summed E-state index contributed by atoms with van der Waals surface area (Å²) >= 11 is 2.07. The molecule has 10 heavy (non-hydrogen) atoms. The highest BCUT2D eigenvalue weighted by molar-refractivity contribution is 14.2. The molecule has 0 rings (SSSR count). The second-order valence-electron chi connectivity index (χ2n) is 1.49. The molecule has 0 N–H and O–H groups in total. The normalized spacial score (nSPS) is 10.2. The zero-order valence-electron chi connectivity index (χ0n) is 5.84. The number of hydrogen-bond acceptors (Lipinski definition) is 4. The van der Waals surface area contributed by atoms with Gasteiger partial charge in [0.05, 0.1) is 35.6 Å². The zero-order chi connectivity index (χ0) is 7.66. The largest absolute Gasteiger partial charge is 0.382 e. The number of ether oxygens (including phenoxy) is 2. The topological polar surface area (TPSA) is 27.7 Å². The van der Waals surface area contributed by atoms with Gasteiger partial charge in [-0.3, -0.25) is 0 Å². The lowest BCUT2D eigenvalue weighted by Crippen LogP contribution is -2.05. The van der Waals surface area contributed by atoms with Crippen LogP contribution < -0.4 is 0 Å². The molecule has 0 aliphatic rings. The maximum atomic E-state index is 5.11. The van der Waals surface area contributed by atoms with Crippen LogP contribution in [0.4, 0.5) is 0 Å². The van der Waals surface area contributed by atoms with Gasteiger partial charge in [0.1, 0.15) is 0 Å². The van der Waals surface area contributed by atoms with Gasteiger partial charge in [-0.1, -0.05) is 0 Å². The minimum Gasteiger partial charge on any atom is -0.382 e. The minimum absolute atomic E-state index is 0.636. The standard InChI is InChI=1S/C5H11IO3S/c1-7-2-3-8-4-5-9-10-6/h2-5H2,1H3. The van der Waals surface area contributed by atoms with Crippen molar-refractivity contribution in [3.05, 3.63) is 0 Å². The van der Waals surface area contributed by atoms with Gasteiger partial charge < -0.3 is 13.7 Å². The first kappa shape index (κ1) is 11.0. The Kier molecular flexibility index (Phi) is 10.9. The molecular weight excluding hydrogens is 267 g/mol. The SMILES string of the molecule is COCCOCCOSI. The quantitative estimate of drug-likeness (QED) is 0.402. The van der Waals surface area contributed by atoms with Gasteiger partial charge in [0.25, 0.3) is 0 Å². The Hall–Kier alpha value is 0.960. The molecule has 0 aromatic heterocycles.